The van der Waals surface area contributed by atoms with Crippen LogP contribution in [0.25, 0.3) is 16.6 Å². The molecule has 2 heterocycles. The van der Waals surface area contributed by atoms with Gasteiger partial charge in [-0.3, -0.25) is 14.2 Å². The molecule has 1 N–H and O–H groups in total. The van der Waals surface area contributed by atoms with Crippen molar-refractivity contribution in [1.82, 2.24) is 19.8 Å². The first-order valence-corrected chi connectivity index (χ1v) is 11.2. The Hall–Kier alpha value is -2.99. The van der Waals surface area contributed by atoms with Crippen molar-refractivity contribution in [2.75, 3.05) is 19.6 Å². The molecule has 0 aliphatic carbocycles. The topological polar surface area (TPSA) is 67.2 Å². The number of fused-ring (bicyclic) bond motifs is 1. The Morgan fingerprint density at radius 2 is 1.90 bits per heavy atom. The van der Waals surface area contributed by atoms with Gasteiger partial charge in [-0.25, -0.2) is 4.98 Å². The van der Waals surface area contributed by atoms with Gasteiger partial charge in [-0.2, -0.15) is 0 Å². The summed E-state index contributed by atoms with van der Waals surface area (Å²) in [4.78, 5) is 32.5. The number of likely N-dealkylation sites (tertiary alicyclic amines) is 1. The quantitative estimate of drug-likeness (QED) is 0.620. The van der Waals surface area contributed by atoms with Gasteiger partial charge >= 0.3 is 0 Å². The van der Waals surface area contributed by atoms with Crippen molar-refractivity contribution in [1.29, 1.82) is 0 Å². The maximum absolute atomic E-state index is 12.9. The number of piperidine rings is 1. The van der Waals surface area contributed by atoms with Crippen molar-refractivity contribution in [2.45, 2.75) is 45.6 Å². The molecular weight excluding hydrogens is 388 g/mol. The van der Waals surface area contributed by atoms with Gasteiger partial charge < -0.3 is 10.2 Å². The molecular formula is C25H30N4O2. The third-order valence-corrected chi connectivity index (χ3v) is 6.18. The van der Waals surface area contributed by atoms with E-state index in [1.807, 2.05) is 25.1 Å². The summed E-state index contributed by atoms with van der Waals surface area (Å²) < 4.78 is 1.59. The Kier molecular flexibility index (Phi) is 6.47. The van der Waals surface area contributed by atoms with Gasteiger partial charge in [0, 0.05) is 24.7 Å². The molecule has 31 heavy (non-hydrogen) atoms. The van der Waals surface area contributed by atoms with Gasteiger partial charge in [0.1, 0.15) is 5.82 Å². The molecule has 2 aromatic carbocycles. The van der Waals surface area contributed by atoms with E-state index < -0.39 is 0 Å². The maximum Gasteiger partial charge on any atom is 0.265 e. The number of nitrogens with one attached hydrogen (secondary N) is 1. The fourth-order valence-corrected chi connectivity index (χ4v) is 4.39. The first-order chi connectivity index (χ1) is 15.0. The standard InChI is InChI=1S/C25H30N4O2/c1-18-8-5-6-16-28(18)17-7-15-26-24(30)20-11-13-21(14-12-20)29-19(2)27-23-10-4-3-9-22(23)25(29)31/h3-4,9-14,18H,5-8,15-17H2,1-2H3,(H,26,30)/t18-/m1/s1. The second-order valence-electron chi connectivity index (χ2n) is 8.35. The number of rotatable bonds is 6. The lowest BCUT2D eigenvalue weighted by atomic mass is 10.0. The van der Waals surface area contributed by atoms with Gasteiger partial charge in [-0.05, 0) is 76.1 Å². The number of carbonyl (C=O) groups excluding carboxylic acids is 1. The van der Waals surface area contributed by atoms with E-state index in [-0.39, 0.29) is 11.5 Å². The lowest BCUT2D eigenvalue weighted by Crippen LogP contribution is -2.39. The van der Waals surface area contributed by atoms with Crippen LogP contribution in [0, 0.1) is 6.92 Å². The fraction of sp³-hybridized carbons (Fsp3) is 0.400. The zero-order valence-electron chi connectivity index (χ0n) is 18.3. The molecule has 4 rings (SSSR count). The summed E-state index contributed by atoms with van der Waals surface area (Å²) in [6.07, 6.45) is 4.82. The highest BCUT2D eigenvalue weighted by atomic mass is 16.1. The van der Waals surface area contributed by atoms with Gasteiger partial charge in [0.2, 0.25) is 0 Å². The van der Waals surface area contributed by atoms with Crippen LogP contribution in [0.15, 0.2) is 53.3 Å². The van der Waals surface area contributed by atoms with Crippen molar-refractivity contribution in [2.24, 2.45) is 0 Å². The number of amides is 1. The lowest BCUT2D eigenvalue weighted by molar-refractivity contribution is 0.0949. The Morgan fingerprint density at radius 1 is 1.13 bits per heavy atom. The molecule has 6 nitrogen and oxygen atoms in total. The highest BCUT2D eigenvalue weighted by Crippen LogP contribution is 2.16. The van der Waals surface area contributed by atoms with Crippen LogP contribution in [0.3, 0.4) is 0 Å². The monoisotopic (exact) mass is 418 g/mol. The first-order valence-electron chi connectivity index (χ1n) is 11.2. The van der Waals surface area contributed by atoms with Gasteiger partial charge in [-0.15, -0.1) is 0 Å². The molecule has 6 heteroatoms. The molecule has 1 amide bonds. The molecule has 0 bridgehead atoms. The minimum Gasteiger partial charge on any atom is -0.352 e. The second kappa shape index (κ2) is 9.43. The highest BCUT2D eigenvalue weighted by Gasteiger charge is 2.17. The van der Waals surface area contributed by atoms with E-state index in [0.29, 0.717) is 40.6 Å². The summed E-state index contributed by atoms with van der Waals surface area (Å²) in [5, 5.41) is 3.59. The smallest absolute Gasteiger partial charge is 0.265 e. The Bertz CT molecular complexity index is 1120. The van der Waals surface area contributed by atoms with E-state index in [1.54, 1.807) is 34.9 Å². The average Bonchev–Trinajstić information content (AvgIpc) is 2.78. The van der Waals surface area contributed by atoms with E-state index in [4.69, 9.17) is 0 Å². The molecule has 1 atom stereocenters. The van der Waals surface area contributed by atoms with Gasteiger partial charge in [0.15, 0.2) is 0 Å². The molecule has 0 spiro atoms. The number of aromatic nitrogens is 2. The van der Waals surface area contributed by atoms with Crippen molar-refractivity contribution < 1.29 is 4.79 Å². The van der Waals surface area contributed by atoms with Crippen molar-refractivity contribution in [3.8, 4) is 5.69 Å². The van der Waals surface area contributed by atoms with Crippen molar-refractivity contribution >= 4 is 16.8 Å². The van der Waals surface area contributed by atoms with Crippen LogP contribution in [0.2, 0.25) is 0 Å². The summed E-state index contributed by atoms with van der Waals surface area (Å²) in [5.41, 5.74) is 1.88. The van der Waals surface area contributed by atoms with Crippen LogP contribution in [-0.4, -0.2) is 46.0 Å². The molecule has 0 saturated carbocycles. The predicted molar refractivity (Wildman–Crippen MR) is 124 cm³/mol. The SMILES string of the molecule is Cc1nc2ccccc2c(=O)n1-c1ccc(C(=O)NCCCN2CCCC[C@H]2C)cc1. The summed E-state index contributed by atoms with van der Waals surface area (Å²) in [7, 11) is 0. The molecule has 1 saturated heterocycles. The Balaban J connectivity index is 1.40. The van der Waals surface area contributed by atoms with E-state index in [2.05, 4.69) is 22.1 Å². The number of nitrogens with zero attached hydrogens (tertiary/aromatic N) is 3. The lowest BCUT2D eigenvalue weighted by Gasteiger charge is -2.33. The molecule has 0 radical (unpaired) electrons. The average molecular weight is 419 g/mol. The van der Waals surface area contributed by atoms with E-state index in [9.17, 15) is 9.59 Å². The molecule has 162 valence electrons. The fourth-order valence-electron chi connectivity index (χ4n) is 4.39. The predicted octanol–water partition coefficient (Wildman–Crippen LogP) is 3.69. The third-order valence-electron chi connectivity index (χ3n) is 6.18. The Labute approximate surface area is 182 Å². The zero-order valence-corrected chi connectivity index (χ0v) is 18.3. The highest BCUT2D eigenvalue weighted by molar-refractivity contribution is 5.94. The number of carbonyl (C=O) groups is 1. The number of hydrogen-bond donors (Lipinski definition) is 1. The van der Waals surface area contributed by atoms with Crippen LogP contribution in [-0.2, 0) is 0 Å². The third kappa shape index (κ3) is 4.69. The molecule has 0 unspecified atom stereocenters. The molecule has 1 aliphatic rings. The summed E-state index contributed by atoms with van der Waals surface area (Å²) in [5.74, 6) is 0.534. The molecule has 1 aromatic heterocycles. The molecule has 3 aromatic rings. The minimum atomic E-state index is -0.104. The maximum atomic E-state index is 12.9. The van der Waals surface area contributed by atoms with Crippen LogP contribution < -0.4 is 10.9 Å². The van der Waals surface area contributed by atoms with Crippen LogP contribution in [0.1, 0.15) is 48.8 Å². The van der Waals surface area contributed by atoms with Crippen LogP contribution >= 0.6 is 0 Å². The van der Waals surface area contributed by atoms with E-state index in [0.717, 1.165) is 13.0 Å². The number of hydrogen-bond acceptors (Lipinski definition) is 4. The number of para-hydroxylation sites is 1. The normalized spacial score (nSPS) is 17.0. The zero-order chi connectivity index (χ0) is 21.8. The van der Waals surface area contributed by atoms with Crippen LogP contribution in [0.4, 0.5) is 0 Å². The van der Waals surface area contributed by atoms with E-state index in [1.165, 1.54) is 25.8 Å². The van der Waals surface area contributed by atoms with E-state index >= 15 is 0 Å². The van der Waals surface area contributed by atoms with Gasteiger partial charge in [0.25, 0.3) is 11.5 Å². The summed E-state index contributed by atoms with van der Waals surface area (Å²) in [6, 6.07) is 15.1. The van der Waals surface area contributed by atoms with Crippen molar-refractivity contribution in [3.63, 3.8) is 0 Å². The second-order valence-corrected chi connectivity index (χ2v) is 8.35. The number of benzene rings is 2. The van der Waals surface area contributed by atoms with Gasteiger partial charge in [-0.1, -0.05) is 18.6 Å². The van der Waals surface area contributed by atoms with Gasteiger partial charge in [0.05, 0.1) is 16.6 Å². The minimum absolute atomic E-state index is 0.0843. The summed E-state index contributed by atoms with van der Waals surface area (Å²) >= 11 is 0. The largest absolute Gasteiger partial charge is 0.352 e. The first kappa shape index (κ1) is 21.2. The molecule has 1 fully saturated rings. The molecule has 1 aliphatic heterocycles. The number of aryl methyl sites for hydroxylation is 1. The van der Waals surface area contributed by atoms with Crippen molar-refractivity contribution in [3.05, 3.63) is 70.3 Å². The Morgan fingerprint density at radius 3 is 2.68 bits per heavy atom. The summed E-state index contributed by atoms with van der Waals surface area (Å²) in [6.45, 7) is 6.96. The van der Waals surface area contributed by atoms with Crippen LogP contribution in [0.5, 0.6) is 0 Å².